The molecular weight excluding hydrogens is 208 g/mol. The molecule has 1 heterocycles. The van der Waals surface area contributed by atoms with Crippen molar-refractivity contribution in [3.05, 3.63) is 0 Å². The summed E-state index contributed by atoms with van der Waals surface area (Å²) in [6, 6.07) is 0.723. The van der Waals surface area contributed by atoms with Crippen LogP contribution in [-0.2, 0) is 0 Å². The Kier molecular flexibility index (Phi) is 7.14. The minimum Gasteiger partial charge on any atom is -0.318 e. The lowest BCUT2D eigenvalue weighted by Crippen LogP contribution is -2.45. The van der Waals surface area contributed by atoms with Crippen LogP contribution in [0.1, 0.15) is 52.9 Å². The SMILES string of the molecule is CCCC1CCCN(C(CNC)C(C)C)CC1. The second-order valence-corrected chi connectivity index (χ2v) is 5.99. The smallest absolute Gasteiger partial charge is 0.0243 e. The summed E-state index contributed by atoms with van der Waals surface area (Å²) in [6.07, 6.45) is 7.06. The number of hydrogen-bond donors (Lipinski definition) is 1. The first-order valence-electron chi connectivity index (χ1n) is 7.57. The third kappa shape index (κ3) is 4.97. The van der Waals surface area contributed by atoms with Gasteiger partial charge in [0.25, 0.3) is 0 Å². The first kappa shape index (κ1) is 15.0. The molecule has 0 amide bonds. The zero-order chi connectivity index (χ0) is 12.7. The van der Waals surface area contributed by atoms with Crippen LogP contribution in [0.15, 0.2) is 0 Å². The summed E-state index contributed by atoms with van der Waals surface area (Å²) >= 11 is 0. The van der Waals surface area contributed by atoms with Crippen LogP contribution in [0.3, 0.4) is 0 Å². The third-order valence-corrected chi connectivity index (χ3v) is 4.23. The van der Waals surface area contributed by atoms with Crippen LogP contribution in [-0.4, -0.2) is 37.6 Å². The van der Waals surface area contributed by atoms with Crippen molar-refractivity contribution >= 4 is 0 Å². The van der Waals surface area contributed by atoms with Gasteiger partial charge in [0, 0.05) is 12.6 Å². The number of rotatable bonds is 6. The number of hydrogen-bond acceptors (Lipinski definition) is 2. The van der Waals surface area contributed by atoms with Gasteiger partial charge in [-0.1, -0.05) is 33.6 Å². The van der Waals surface area contributed by atoms with E-state index in [4.69, 9.17) is 0 Å². The first-order valence-corrected chi connectivity index (χ1v) is 7.57. The zero-order valence-electron chi connectivity index (χ0n) is 12.3. The zero-order valence-corrected chi connectivity index (χ0v) is 12.3. The Hall–Kier alpha value is -0.0800. The van der Waals surface area contributed by atoms with E-state index in [2.05, 4.69) is 38.0 Å². The minimum absolute atomic E-state index is 0.723. The molecule has 0 aromatic heterocycles. The van der Waals surface area contributed by atoms with E-state index in [-0.39, 0.29) is 0 Å². The van der Waals surface area contributed by atoms with E-state index < -0.39 is 0 Å². The Balaban J connectivity index is 2.47. The molecule has 2 heteroatoms. The van der Waals surface area contributed by atoms with Crippen LogP contribution in [0.25, 0.3) is 0 Å². The largest absolute Gasteiger partial charge is 0.318 e. The van der Waals surface area contributed by atoms with Gasteiger partial charge in [0.05, 0.1) is 0 Å². The molecule has 0 aliphatic carbocycles. The van der Waals surface area contributed by atoms with E-state index in [0.717, 1.165) is 24.4 Å². The number of nitrogens with one attached hydrogen (secondary N) is 1. The third-order valence-electron chi connectivity index (χ3n) is 4.23. The lowest BCUT2D eigenvalue weighted by molar-refractivity contribution is 0.157. The molecule has 0 saturated carbocycles. The van der Waals surface area contributed by atoms with Crippen LogP contribution in [0.5, 0.6) is 0 Å². The fourth-order valence-electron chi connectivity index (χ4n) is 3.21. The Morgan fingerprint density at radius 2 is 2.00 bits per heavy atom. The number of nitrogens with zero attached hydrogens (tertiary/aromatic N) is 1. The standard InChI is InChI=1S/C15H32N2/c1-5-7-14-8-6-10-17(11-9-14)15(12-16-4)13(2)3/h13-16H,5-12H2,1-4H3. The van der Waals surface area contributed by atoms with Gasteiger partial charge in [-0.2, -0.15) is 0 Å². The van der Waals surface area contributed by atoms with Crippen LogP contribution < -0.4 is 5.32 Å². The van der Waals surface area contributed by atoms with Crippen LogP contribution in [0, 0.1) is 11.8 Å². The normalized spacial score (nSPS) is 24.9. The predicted molar refractivity (Wildman–Crippen MR) is 76.4 cm³/mol. The van der Waals surface area contributed by atoms with Crippen molar-refractivity contribution < 1.29 is 0 Å². The molecule has 2 nitrogen and oxygen atoms in total. The average molecular weight is 240 g/mol. The Bertz CT molecular complexity index is 191. The fourth-order valence-corrected chi connectivity index (χ4v) is 3.21. The summed E-state index contributed by atoms with van der Waals surface area (Å²) in [5.74, 6) is 1.75. The van der Waals surface area contributed by atoms with Crippen molar-refractivity contribution in [3.63, 3.8) is 0 Å². The Morgan fingerprint density at radius 1 is 1.24 bits per heavy atom. The van der Waals surface area contributed by atoms with Crippen molar-refractivity contribution in [3.8, 4) is 0 Å². The Morgan fingerprint density at radius 3 is 2.59 bits per heavy atom. The number of likely N-dealkylation sites (tertiary alicyclic amines) is 1. The highest BCUT2D eigenvalue weighted by atomic mass is 15.2. The molecule has 1 aliphatic heterocycles. The van der Waals surface area contributed by atoms with Crippen molar-refractivity contribution in [1.29, 1.82) is 0 Å². The molecule has 1 rings (SSSR count). The van der Waals surface area contributed by atoms with Crippen molar-refractivity contribution in [2.24, 2.45) is 11.8 Å². The molecule has 17 heavy (non-hydrogen) atoms. The van der Waals surface area contributed by atoms with Gasteiger partial charge in [0.2, 0.25) is 0 Å². The summed E-state index contributed by atoms with van der Waals surface area (Å²) in [6.45, 7) is 10.8. The van der Waals surface area contributed by atoms with Gasteiger partial charge < -0.3 is 5.32 Å². The Labute approximate surface area is 108 Å². The molecule has 1 saturated heterocycles. The maximum absolute atomic E-state index is 3.36. The molecule has 1 aliphatic rings. The van der Waals surface area contributed by atoms with Gasteiger partial charge in [-0.15, -0.1) is 0 Å². The van der Waals surface area contributed by atoms with E-state index in [1.54, 1.807) is 0 Å². The maximum atomic E-state index is 3.36. The summed E-state index contributed by atoms with van der Waals surface area (Å²) in [5, 5.41) is 3.36. The number of likely N-dealkylation sites (N-methyl/N-ethyl adjacent to an activating group) is 1. The van der Waals surface area contributed by atoms with Crippen molar-refractivity contribution in [2.45, 2.75) is 58.9 Å². The van der Waals surface area contributed by atoms with E-state index in [1.807, 2.05) is 0 Å². The molecule has 2 unspecified atom stereocenters. The van der Waals surface area contributed by atoms with Crippen LogP contribution >= 0.6 is 0 Å². The summed E-state index contributed by atoms with van der Waals surface area (Å²) in [5.41, 5.74) is 0. The average Bonchev–Trinajstić information content (AvgIpc) is 2.52. The van der Waals surface area contributed by atoms with Gasteiger partial charge in [-0.05, 0) is 51.2 Å². The van der Waals surface area contributed by atoms with E-state index >= 15 is 0 Å². The summed E-state index contributed by atoms with van der Waals surface area (Å²) < 4.78 is 0. The second kappa shape index (κ2) is 8.10. The molecule has 1 fully saturated rings. The molecular formula is C15H32N2. The summed E-state index contributed by atoms with van der Waals surface area (Å²) in [7, 11) is 2.08. The van der Waals surface area contributed by atoms with Crippen LogP contribution in [0.4, 0.5) is 0 Å². The topological polar surface area (TPSA) is 15.3 Å². The second-order valence-electron chi connectivity index (χ2n) is 5.99. The van der Waals surface area contributed by atoms with E-state index in [1.165, 1.54) is 45.2 Å². The predicted octanol–water partition coefficient (Wildman–Crippen LogP) is 3.13. The van der Waals surface area contributed by atoms with Crippen molar-refractivity contribution in [1.82, 2.24) is 10.2 Å². The first-order chi connectivity index (χ1) is 8.19. The van der Waals surface area contributed by atoms with Crippen molar-refractivity contribution in [2.75, 3.05) is 26.7 Å². The molecule has 0 radical (unpaired) electrons. The molecule has 0 aromatic carbocycles. The van der Waals surface area contributed by atoms with E-state index in [9.17, 15) is 0 Å². The quantitative estimate of drug-likeness (QED) is 0.767. The highest BCUT2D eigenvalue weighted by molar-refractivity contribution is 4.80. The molecule has 0 spiro atoms. The molecule has 1 N–H and O–H groups in total. The minimum atomic E-state index is 0.723. The van der Waals surface area contributed by atoms with Gasteiger partial charge in [-0.25, -0.2) is 0 Å². The lowest BCUT2D eigenvalue weighted by atomic mass is 9.96. The van der Waals surface area contributed by atoms with Gasteiger partial charge >= 0.3 is 0 Å². The molecule has 0 aromatic rings. The van der Waals surface area contributed by atoms with E-state index in [0.29, 0.717) is 0 Å². The van der Waals surface area contributed by atoms with Gasteiger partial charge in [0.1, 0.15) is 0 Å². The van der Waals surface area contributed by atoms with Crippen LogP contribution in [0.2, 0.25) is 0 Å². The maximum Gasteiger partial charge on any atom is 0.0243 e. The summed E-state index contributed by atoms with van der Waals surface area (Å²) in [4.78, 5) is 2.73. The monoisotopic (exact) mass is 240 g/mol. The molecule has 0 bridgehead atoms. The van der Waals surface area contributed by atoms with Gasteiger partial charge in [-0.3, -0.25) is 4.90 Å². The van der Waals surface area contributed by atoms with Gasteiger partial charge in [0.15, 0.2) is 0 Å². The lowest BCUT2D eigenvalue weighted by Gasteiger charge is -2.33. The highest BCUT2D eigenvalue weighted by Crippen LogP contribution is 2.24. The molecule has 102 valence electrons. The molecule has 2 atom stereocenters. The highest BCUT2D eigenvalue weighted by Gasteiger charge is 2.24. The fraction of sp³-hybridized carbons (Fsp3) is 1.00.